The van der Waals surface area contributed by atoms with E-state index in [1.165, 1.54) is 0 Å². The Labute approximate surface area is 103 Å². The van der Waals surface area contributed by atoms with Crippen LogP contribution in [0.3, 0.4) is 0 Å². The molecule has 2 rings (SSSR count). The number of hydrogen-bond acceptors (Lipinski definition) is 4. The second-order valence-electron chi connectivity index (χ2n) is 3.00. The molecule has 7 heteroatoms. The van der Waals surface area contributed by atoms with Gasteiger partial charge >= 0.3 is 16.6 Å². The monoisotopic (exact) mass is 249 g/mol. The predicted octanol–water partition coefficient (Wildman–Crippen LogP) is 0.903. The standard InChI is InChI=1S/C9H8N2O3S.Al/c12-7-4-6-2-1-3-10-9(6)8(5-7)11-15(13)14;/h1-5,11-12H,(H,13,14);/q;+1/p-2. The van der Waals surface area contributed by atoms with E-state index in [1.54, 1.807) is 24.4 Å². The van der Waals surface area contributed by atoms with Crippen LogP contribution in [0.25, 0.3) is 10.9 Å². The molecule has 1 heterocycles. The minimum absolute atomic E-state index is 0.392. The summed E-state index contributed by atoms with van der Waals surface area (Å²) in [5, 5.41) is 0.801. The molecule has 0 saturated heterocycles. The summed E-state index contributed by atoms with van der Waals surface area (Å²) in [5.74, 6) is 0.540. The van der Waals surface area contributed by atoms with Gasteiger partial charge in [-0.05, 0) is 12.1 Å². The Balaban J connectivity index is 2.63. The van der Waals surface area contributed by atoms with Crippen LogP contribution in [0.5, 0.6) is 5.75 Å². The molecule has 0 aliphatic carbocycles. The maximum Gasteiger partial charge on any atom is 0.482 e. The lowest BCUT2D eigenvalue weighted by atomic mass is 10.2. The first kappa shape index (κ1) is 11.4. The Morgan fingerprint density at radius 2 is 2.31 bits per heavy atom. The van der Waals surface area contributed by atoms with E-state index in [1.807, 2.05) is 6.07 Å². The van der Waals surface area contributed by atoms with E-state index in [2.05, 4.69) is 26.3 Å². The largest absolute Gasteiger partial charge is 0.755 e. The van der Waals surface area contributed by atoms with Crippen molar-refractivity contribution in [3.05, 3.63) is 30.5 Å². The van der Waals surface area contributed by atoms with Crippen LogP contribution in [-0.4, -0.2) is 30.4 Å². The van der Waals surface area contributed by atoms with Crippen molar-refractivity contribution in [2.24, 2.45) is 0 Å². The van der Waals surface area contributed by atoms with Crippen LogP contribution in [0.2, 0.25) is 0 Å². The van der Waals surface area contributed by atoms with E-state index < -0.39 is 11.3 Å². The molecular weight excluding hydrogens is 243 g/mol. The van der Waals surface area contributed by atoms with Crippen molar-refractivity contribution in [3.63, 3.8) is 0 Å². The second kappa shape index (κ2) is 4.80. The maximum absolute atomic E-state index is 10.6. The Morgan fingerprint density at radius 1 is 1.50 bits per heavy atom. The first-order chi connectivity index (χ1) is 7.70. The molecule has 0 aliphatic heterocycles. The number of aromatic nitrogens is 1. The Kier molecular flexibility index (Phi) is 3.41. The number of anilines is 1. The highest BCUT2D eigenvalue weighted by Crippen LogP contribution is 2.27. The van der Waals surface area contributed by atoms with Gasteiger partial charge in [-0.25, -0.2) is 0 Å². The summed E-state index contributed by atoms with van der Waals surface area (Å²) in [4.78, 5) is 4.11. The number of nitrogens with one attached hydrogen (secondary N) is 1. The first-order valence-electron chi connectivity index (χ1n) is 4.32. The van der Waals surface area contributed by atoms with Crippen LogP contribution in [-0.2, 0) is 11.3 Å². The lowest BCUT2D eigenvalue weighted by Gasteiger charge is -2.13. The highest BCUT2D eigenvalue weighted by atomic mass is 32.2. The highest BCUT2D eigenvalue weighted by molar-refractivity contribution is 7.80. The fraction of sp³-hybridized carbons (Fsp3) is 0. The van der Waals surface area contributed by atoms with E-state index in [-0.39, 0.29) is 0 Å². The summed E-state index contributed by atoms with van der Waals surface area (Å²) >= 11 is -0.276. The van der Waals surface area contributed by atoms with Gasteiger partial charge in [0, 0.05) is 28.9 Å². The summed E-state index contributed by atoms with van der Waals surface area (Å²) in [6.45, 7) is 0. The van der Waals surface area contributed by atoms with Crippen molar-refractivity contribution >= 4 is 44.5 Å². The average Bonchev–Trinajstić information content (AvgIpc) is 2.28. The zero-order chi connectivity index (χ0) is 11.5. The van der Waals surface area contributed by atoms with Gasteiger partial charge in [-0.2, -0.15) is 0 Å². The summed E-state index contributed by atoms with van der Waals surface area (Å²) < 4.78 is 28.5. The van der Waals surface area contributed by atoms with Gasteiger partial charge in [0.25, 0.3) is 0 Å². The minimum Gasteiger partial charge on any atom is -0.755 e. The van der Waals surface area contributed by atoms with E-state index >= 15 is 0 Å². The molecule has 1 aromatic carbocycles. The summed E-state index contributed by atoms with van der Waals surface area (Å²) in [5.41, 5.74) is 0.974. The van der Waals surface area contributed by atoms with Gasteiger partial charge in [0.15, 0.2) is 0 Å². The van der Waals surface area contributed by atoms with Crippen LogP contribution >= 0.6 is 0 Å². The smallest absolute Gasteiger partial charge is 0.482 e. The lowest BCUT2D eigenvalue weighted by Crippen LogP contribution is -2.03. The van der Waals surface area contributed by atoms with Gasteiger partial charge in [0.05, 0.1) is 17.0 Å². The molecule has 0 saturated carbocycles. The molecule has 5 nitrogen and oxygen atoms in total. The molecule has 1 unspecified atom stereocenters. The fourth-order valence-electron chi connectivity index (χ4n) is 1.40. The number of rotatable bonds is 3. The highest BCUT2D eigenvalue weighted by Gasteiger charge is 2.04. The fourth-order valence-corrected chi connectivity index (χ4v) is 1.87. The molecule has 0 amide bonds. The van der Waals surface area contributed by atoms with Crippen molar-refractivity contribution in [1.82, 2.24) is 4.98 Å². The third kappa shape index (κ3) is 2.34. The van der Waals surface area contributed by atoms with Crippen molar-refractivity contribution in [3.8, 4) is 5.75 Å². The van der Waals surface area contributed by atoms with Gasteiger partial charge in [-0.3, -0.25) is 9.19 Å². The minimum atomic E-state index is -2.39. The van der Waals surface area contributed by atoms with Gasteiger partial charge in [0.1, 0.15) is 0 Å². The van der Waals surface area contributed by atoms with Gasteiger partial charge in [-0.15, -0.1) is 0 Å². The van der Waals surface area contributed by atoms with Gasteiger partial charge < -0.3 is 13.1 Å². The van der Waals surface area contributed by atoms with Crippen molar-refractivity contribution in [1.29, 1.82) is 0 Å². The Morgan fingerprint density at radius 3 is 3.00 bits per heavy atom. The molecular formula is C9H6AlN2O3S-. The lowest BCUT2D eigenvalue weighted by molar-refractivity contribution is 0.542. The second-order valence-corrected chi connectivity index (χ2v) is 3.91. The number of pyridine rings is 1. The molecule has 0 bridgehead atoms. The third-order valence-electron chi connectivity index (χ3n) is 2.01. The van der Waals surface area contributed by atoms with Crippen molar-refractivity contribution in [2.75, 3.05) is 4.72 Å². The van der Waals surface area contributed by atoms with Crippen molar-refractivity contribution in [2.45, 2.75) is 0 Å². The molecule has 80 valence electrons. The van der Waals surface area contributed by atoms with Crippen LogP contribution in [0, 0.1) is 0 Å². The average molecular weight is 249 g/mol. The number of benzene rings is 1. The summed E-state index contributed by atoms with van der Waals surface area (Å²) in [6.07, 6.45) is 1.60. The van der Waals surface area contributed by atoms with Gasteiger partial charge in [-0.1, -0.05) is 6.07 Å². The van der Waals surface area contributed by atoms with E-state index in [9.17, 15) is 8.76 Å². The zero-order valence-electron chi connectivity index (χ0n) is 8.04. The van der Waals surface area contributed by atoms with E-state index in [4.69, 9.17) is 3.79 Å². The Hall–Kier alpha value is -1.13. The molecule has 0 spiro atoms. The van der Waals surface area contributed by atoms with Gasteiger partial charge in [0.2, 0.25) is 0 Å². The number of fused-ring (bicyclic) bond motifs is 1. The Bertz CT molecular complexity index is 549. The van der Waals surface area contributed by atoms with Crippen LogP contribution in [0.4, 0.5) is 5.69 Å². The quantitative estimate of drug-likeness (QED) is 0.648. The SMILES string of the molecule is O=S([O-])Nc1cc([O][Al])cc2cccnc12. The normalized spacial score (nSPS) is 12.3. The maximum atomic E-state index is 10.6. The molecule has 2 aromatic rings. The molecule has 0 aliphatic rings. The molecule has 2 radical (unpaired) electrons. The zero-order valence-corrected chi connectivity index (χ0v) is 10.0. The topological polar surface area (TPSA) is 74.3 Å². The predicted molar refractivity (Wildman–Crippen MR) is 60.7 cm³/mol. The number of hydrogen-bond donors (Lipinski definition) is 1. The molecule has 16 heavy (non-hydrogen) atoms. The summed E-state index contributed by atoms with van der Waals surface area (Å²) in [7, 11) is 0. The van der Waals surface area contributed by atoms with Crippen LogP contribution < -0.4 is 8.51 Å². The number of nitrogens with zero attached hydrogens (tertiary/aromatic N) is 1. The molecule has 1 atom stereocenters. The van der Waals surface area contributed by atoms with Crippen LogP contribution in [0.1, 0.15) is 0 Å². The van der Waals surface area contributed by atoms with Crippen LogP contribution in [0.15, 0.2) is 30.5 Å². The summed E-state index contributed by atoms with van der Waals surface area (Å²) in [6, 6.07) is 6.94. The van der Waals surface area contributed by atoms with Crippen molar-refractivity contribution < 1.29 is 12.6 Å². The molecule has 1 N–H and O–H groups in total. The molecule has 1 aromatic heterocycles. The van der Waals surface area contributed by atoms with E-state index in [0.29, 0.717) is 17.0 Å². The van der Waals surface area contributed by atoms with E-state index in [0.717, 1.165) is 5.39 Å². The first-order valence-corrected chi connectivity index (χ1v) is 5.87. The molecule has 0 fully saturated rings. The third-order valence-corrected chi connectivity index (χ3v) is 2.67.